The highest BCUT2D eigenvalue weighted by Gasteiger charge is 2.31. The van der Waals surface area contributed by atoms with Gasteiger partial charge in [0.05, 0.1) is 21.2 Å². The largest absolute Gasteiger partial charge is 0.548 e. The summed E-state index contributed by atoms with van der Waals surface area (Å²) in [5.74, 6) is -1.72. The minimum absolute atomic E-state index is 0.242. The molecule has 0 aliphatic carbocycles. The van der Waals surface area contributed by atoms with Gasteiger partial charge in [-0.15, -0.1) is 11.3 Å². The number of thiocarbonyl (C=S) groups is 1. The van der Waals surface area contributed by atoms with E-state index >= 15 is 0 Å². The maximum Gasteiger partial charge on any atom is 0.266 e. The van der Waals surface area contributed by atoms with Gasteiger partial charge in [0, 0.05) is 4.88 Å². The molecule has 0 bridgehead atoms. The molecule has 1 aliphatic heterocycles. The standard InChI is InChI=1S/C10H6BrNO3S3/c11-7-2-1-5(17-7)3-6-9(15)12(4-8(13)14)10(16)18-6/h1-3H,4H2,(H,13,14)/p-1/b6-3+. The average molecular weight is 363 g/mol. The molecule has 4 nitrogen and oxygen atoms in total. The third kappa shape index (κ3) is 3.00. The third-order valence-corrected chi connectivity index (χ3v) is 4.98. The number of halogens is 1. The molecule has 94 valence electrons. The molecular weight excluding hydrogens is 358 g/mol. The summed E-state index contributed by atoms with van der Waals surface area (Å²) in [6.45, 7) is -0.504. The molecule has 0 atom stereocenters. The van der Waals surface area contributed by atoms with Crippen LogP contribution in [0.25, 0.3) is 6.08 Å². The van der Waals surface area contributed by atoms with Crippen LogP contribution in [0.4, 0.5) is 0 Å². The number of nitrogens with zero attached hydrogens (tertiary/aromatic N) is 1. The van der Waals surface area contributed by atoms with Gasteiger partial charge in [0.2, 0.25) is 0 Å². The Bertz CT molecular complexity index is 566. The lowest BCUT2D eigenvalue weighted by atomic mass is 10.4. The molecule has 1 aliphatic rings. The number of thioether (sulfide) groups is 1. The quantitative estimate of drug-likeness (QED) is 0.601. The van der Waals surface area contributed by atoms with Gasteiger partial charge in [-0.05, 0) is 34.1 Å². The van der Waals surface area contributed by atoms with E-state index in [-0.39, 0.29) is 4.32 Å². The van der Waals surface area contributed by atoms with Gasteiger partial charge >= 0.3 is 0 Å². The number of carbonyl (C=O) groups excluding carboxylic acids is 2. The van der Waals surface area contributed by atoms with E-state index in [2.05, 4.69) is 15.9 Å². The van der Waals surface area contributed by atoms with Crippen LogP contribution in [-0.2, 0) is 9.59 Å². The fourth-order valence-corrected chi connectivity index (χ4v) is 3.99. The first-order valence-electron chi connectivity index (χ1n) is 4.68. The van der Waals surface area contributed by atoms with E-state index in [1.165, 1.54) is 11.3 Å². The normalized spacial score (nSPS) is 17.8. The number of thiophene rings is 1. The molecule has 0 N–H and O–H groups in total. The Morgan fingerprint density at radius 2 is 2.28 bits per heavy atom. The van der Waals surface area contributed by atoms with Crippen molar-refractivity contribution in [2.45, 2.75) is 0 Å². The lowest BCUT2D eigenvalue weighted by Gasteiger charge is -2.14. The molecule has 0 spiro atoms. The van der Waals surface area contributed by atoms with Crippen molar-refractivity contribution >= 4 is 73.5 Å². The predicted molar refractivity (Wildman–Crippen MR) is 76.9 cm³/mol. The van der Waals surface area contributed by atoms with Crippen LogP contribution in [-0.4, -0.2) is 27.6 Å². The van der Waals surface area contributed by atoms with Gasteiger partial charge in [0.25, 0.3) is 5.91 Å². The Morgan fingerprint density at radius 3 is 2.83 bits per heavy atom. The second-order valence-electron chi connectivity index (χ2n) is 3.28. The Labute approximate surface area is 125 Å². The molecule has 1 fully saturated rings. The first-order chi connectivity index (χ1) is 8.47. The molecule has 2 heterocycles. The highest BCUT2D eigenvalue weighted by Crippen LogP contribution is 2.34. The predicted octanol–water partition coefficient (Wildman–Crippen LogP) is 1.46. The lowest BCUT2D eigenvalue weighted by molar-refractivity contribution is -0.305. The summed E-state index contributed by atoms with van der Waals surface area (Å²) in [6.07, 6.45) is 1.70. The van der Waals surface area contributed by atoms with Crippen molar-refractivity contribution in [3.8, 4) is 0 Å². The molecular formula is C10H5BrNO3S3-. The van der Waals surface area contributed by atoms with Crippen molar-refractivity contribution in [2.24, 2.45) is 0 Å². The Balaban J connectivity index is 2.22. The van der Waals surface area contributed by atoms with E-state index in [1.54, 1.807) is 6.08 Å². The zero-order valence-electron chi connectivity index (χ0n) is 8.71. The van der Waals surface area contributed by atoms with E-state index < -0.39 is 18.4 Å². The van der Waals surface area contributed by atoms with E-state index in [4.69, 9.17) is 12.2 Å². The van der Waals surface area contributed by atoms with Crippen LogP contribution in [0.2, 0.25) is 0 Å². The minimum Gasteiger partial charge on any atom is -0.548 e. The van der Waals surface area contributed by atoms with Crippen LogP contribution < -0.4 is 5.11 Å². The summed E-state index contributed by atoms with van der Waals surface area (Å²) in [7, 11) is 0. The molecule has 1 aromatic heterocycles. The summed E-state index contributed by atoms with van der Waals surface area (Å²) < 4.78 is 1.20. The minimum atomic E-state index is -1.33. The number of carboxylic acids is 1. The summed E-state index contributed by atoms with van der Waals surface area (Å²) in [6, 6.07) is 3.73. The summed E-state index contributed by atoms with van der Waals surface area (Å²) in [5.41, 5.74) is 0. The lowest BCUT2D eigenvalue weighted by Crippen LogP contribution is -2.40. The van der Waals surface area contributed by atoms with Gasteiger partial charge in [-0.3, -0.25) is 9.69 Å². The summed E-state index contributed by atoms with van der Waals surface area (Å²) in [4.78, 5) is 24.8. The first kappa shape index (κ1) is 13.7. The van der Waals surface area contributed by atoms with Gasteiger partial charge in [0.15, 0.2) is 0 Å². The van der Waals surface area contributed by atoms with Crippen molar-refractivity contribution < 1.29 is 14.7 Å². The third-order valence-electron chi connectivity index (χ3n) is 2.03. The highest BCUT2D eigenvalue weighted by molar-refractivity contribution is 9.11. The molecule has 0 aromatic carbocycles. The SMILES string of the molecule is O=C([O-])CN1C(=O)/C(=C\c2ccc(Br)s2)SC1=S. The number of hydrogen-bond donors (Lipinski definition) is 0. The highest BCUT2D eigenvalue weighted by atomic mass is 79.9. The molecule has 0 radical (unpaired) electrons. The zero-order valence-corrected chi connectivity index (χ0v) is 12.7. The van der Waals surface area contributed by atoms with Crippen LogP contribution in [0.3, 0.4) is 0 Å². The molecule has 8 heteroatoms. The first-order valence-corrected chi connectivity index (χ1v) is 7.51. The second kappa shape index (κ2) is 5.52. The van der Waals surface area contributed by atoms with Gasteiger partial charge in [-0.25, -0.2) is 0 Å². The van der Waals surface area contributed by atoms with Crippen LogP contribution in [0.5, 0.6) is 0 Å². The van der Waals surface area contributed by atoms with E-state index in [0.29, 0.717) is 4.91 Å². The zero-order chi connectivity index (χ0) is 13.3. The van der Waals surface area contributed by atoms with Crippen molar-refractivity contribution in [3.05, 3.63) is 25.7 Å². The molecule has 1 amide bonds. The van der Waals surface area contributed by atoms with Crippen molar-refractivity contribution in [1.82, 2.24) is 4.90 Å². The monoisotopic (exact) mass is 362 g/mol. The van der Waals surface area contributed by atoms with Gasteiger partial charge in [-0.2, -0.15) is 0 Å². The van der Waals surface area contributed by atoms with E-state index in [1.807, 2.05) is 12.1 Å². The fourth-order valence-electron chi connectivity index (χ4n) is 1.30. The number of amides is 1. The van der Waals surface area contributed by atoms with Crippen molar-refractivity contribution in [2.75, 3.05) is 6.54 Å². The van der Waals surface area contributed by atoms with Crippen molar-refractivity contribution in [1.29, 1.82) is 0 Å². The van der Waals surface area contributed by atoms with Crippen LogP contribution >= 0.6 is 51.2 Å². The van der Waals surface area contributed by atoms with Gasteiger partial charge in [0.1, 0.15) is 4.32 Å². The Kier molecular flexibility index (Phi) is 4.21. The van der Waals surface area contributed by atoms with E-state index in [0.717, 1.165) is 25.3 Å². The van der Waals surface area contributed by atoms with Crippen LogP contribution in [0.15, 0.2) is 20.8 Å². The summed E-state index contributed by atoms with van der Waals surface area (Å²) in [5, 5.41) is 10.5. The maximum absolute atomic E-state index is 11.9. The smallest absolute Gasteiger partial charge is 0.266 e. The van der Waals surface area contributed by atoms with Crippen LogP contribution in [0, 0.1) is 0 Å². The summed E-state index contributed by atoms with van der Waals surface area (Å²) >= 11 is 10.9. The number of aliphatic carboxylic acids is 1. The Morgan fingerprint density at radius 1 is 1.56 bits per heavy atom. The average Bonchev–Trinajstić information content (AvgIpc) is 2.78. The number of carboxylic acid groups (broad SMARTS) is 1. The molecule has 0 unspecified atom stereocenters. The number of carbonyl (C=O) groups is 2. The maximum atomic E-state index is 11.9. The van der Waals surface area contributed by atoms with Crippen LogP contribution in [0.1, 0.15) is 4.88 Å². The molecule has 0 saturated carbocycles. The second-order valence-corrected chi connectivity index (χ2v) is 7.45. The number of rotatable bonds is 3. The topological polar surface area (TPSA) is 60.4 Å². The molecule has 1 aromatic rings. The van der Waals surface area contributed by atoms with Crippen molar-refractivity contribution in [3.63, 3.8) is 0 Å². The van der Waals surface area contributed by atoms with E-state index in [9.17, 15) is 14.7 Å². The van der Waals surface area contributed by atoms with Gasteiger partial charge < -0.3 is 9.90 Å². The van der Waals surface area contributed by atoms with Gasteiger partial charge in [-0.1, -0.05) is 24.0 Å². The number of hydrogen-bond acceptors (Lipinski definition) is 6. The Hall–Kier alpha value is -0.700. The fraction of sp³-hybridized carbons (Fsp3) is 0.100. The molecule has 18 heavy (non-hydrogen) atoms. The molecule has 1 saturated heterocycles. The molecule has 2 rings (SSSR count).